The van der Waals surface area contributed by atoms with Gasteiger partial charge in [-0.05, 0) is 18.6 Å². The Morgan fingerprint density at radius 3 is 2.62 bits per heavy atom. The lowest BCUT2D eigenvalue weighted by Gasteiger charge is -2.03. The molecule has 0 aliphatic rings. The van der Waals surface area contributed by atoms with Crippen molar-refractivity contribution in [2.24, 2.45) is 0 Å². The Morgan fingerprint density at radius 2 is 2.08 bits per heavy atom. The lowest BCUT2D eigenvalue weighted by molar-refractivity contribution is 0.224. The van der Waals surface area contributed by atoms with Crippen molar-refractivity contribution in [1.82, 2.24) is 0 Å². The summed E-state index contributed by atoms with van der Waals surface area (Å²) in [4.78, 5) is 10.5. The Balaban J connectivity index is 2.89. The van der Waals surface area contributed by atoms with Crippen LogP contribution in [0.25, 0.3) is 0 Å². The fourth-order valence-corrected chi connectivity index (χ4v) is 1.08. The molecule has 0 radical (unpaired) electrons. The molecule has 0 aromatic heterocycles. The Labute approximate surface area is 81.6 Å². The molecule has 13 heavy (non-hydrogen) atoms. The summed E-state index contributed by atoms with van der Waals surface area (Å²) in [6, 6.07) is 7.23. The van der Waals surface area contributed by atoms with Gasteiger partial charge in [0.05, 0.1) is 12.6 Å². The van der Waals surface area contributed by atoms with Gasteiger partial charge in [-0.25, -0.2) is 0 Å². The summed E-state index contributed by atoms with van der Waals surface area (Å²) >= 11 is 2.64. The number of hydrogen-bond donors (Lipinski definition) is 1. The number of carbonyl (C=O) groups is 1. The number of hydrogen-bond acceptors (Lipinski definition) is 3. The van der Waals surface area contributed by atoms with Gasteiger partial charge in [0.1, 0.15) is 0 Å². The van der Waals surface area contributed by atoms with Gasteiger partial charge in [0.2, 0.25) is 5.90 Å². The summed E-state index contributed by atoms with van der Waals surface area (Å²) in [5.41, 5.74) is 1.52. The maximum atomic E-state index is 10.5. The molecule has 0 bridgehead atoms. The number of nitrogens with one attached hydrogen (secondary N) is 1. The van der Waals surface area contributed by atoms with Gasteiger partial charge in [0.15, 0.2) is 0 Å². The van der Waals surface area contributed by atoms with Crippen molar-refractivity contribution in [2.75, 3.05) is 0 Å². The predicted molar refractivity (Wildman–Crippen MR) is 54.6 cm³/mol. The smallest absolute Gasteiger partial charge is 0.367 e. The minimum atomic E-state index is -0.659. The van der Waals surface area contributed by atoms with Gasteiger partial charge in [-0.15, -0.1) is 0 Å². The highest BCUT2D eigenvalue weighted by Crippen LogP contribution is 2.08. The topological polar surface area (TPSA) is 50.1 Å². The van der Waals surface area contributed by atoms with Crippen LogP contribution in [0.1, 0.15) is 11.1 Å². The largest absolute Gasteiger partial charge is 0.527 e. The molecule has 0 spiro atoms. The summed E-state index contributed by atoms with van der Waals surface area (Å²) in [5.74, 6) is -0.141. The summed E-state index contributed by atoms with van der Waals surface area (Å²) < 4.78 is 4.58. The lowest BCUT2D eigenvalue weighted by atomic mass is 10.1. The summed E-state index contributed by atoms with van der Waals surface area (Å²) in [6.07, 6.45) is 0. The Bertz CT molecular complexity index is 349. The molecule has 1 aromatic carbocycles. The molecule has 0 atom stereocenters. The molecular formula is C9H10NO2S+. The SMILES string of the molecule is Cc1ccccc1C(=N)OC(=O)[SH2+]. The third-order valence-electron chi connectivity index (χ3n) is 1.58. The highest BCUT2D eigenvalue weighted by Gasteiger charge is 2.10. The molecule has 0 aliphatic heterocycles. The molecule has 0 saturated carbocycles. The molecule has 1 N–H and O–H groups in total. The summed E-state index contributed by atoms with van der Waals surface area (Å²) in [6.45, 7) is 1.85. The van der Waals surface area contributed by atoms with Gasteiger partial charge < -0.3 is 4.74 Å². The first-order valence-electron chi connectivity index (χ1n) is 3.69. The van der Waals surface area contributed by atoms with Crippen LogP contribution in [0, 0.1) is 12.3 Å². The first-order chi connectivity index (χ1) is 6.11. The monoisotopic (exact) mass is 196 g/mol. The first-order valence-corrected chi connectivity index (χ1v) is 4.19. The second-order valence-electron chi connectivity index (χ2n) is 2.53. The second kappa shape index (κ2) is 4.09. The van der Waals surface area contributed by atoms with Crippen molar-refractivity contribution < 1.29 is 9.53 Å². The van der Waals surface area contributed by atoms with Crippen molar-refractivity contribution in [1.29, 1.82) is 5.41 Å². The fraction of sp³-hybridized carbons (Fsp3) is 0.111. The maximum Gasteiger partial charge on any atom is 0.527 e. The van der Waals surface area contributed by atoms with Crippen LogP contribution in [0.4, 0.5) is 4.79 Å². The van der Waals surface area contributed by atoms with E-state index in [1.807, 2.05) is 19.1 Å². The van der Waals surface area contributed by atoms with Crippen molar-refractivity contribution in [2.45, 2.75) is 6.92 Å². The van der Waals surface area contributed by atoms with Crippen LogP contribution in [0.15, 0.2) is 24.3 Å². The number of carbonyl (C=O) groups excluding carboxylic acids is 1. The van der Waals surface area contributed by atoms with E-state index in [9.17, 15) is 4.79 Å². The Kier molecular flexibility index (Phi) is 3.08. The van der Waals surface area contributed by atoms with Crippen LogP contribution in [0.3, 0.4) is 0 Å². The molecule has 0 amide bonds. The zero-order valence-electron chi connectivity index (χ0n) is 7.13. The first kappa shape index (κ1) is 9.80. The van der Waals surface area contributed by atoms with Crippen LogP contribution >= 0.6 is 0 Å². The van der Waals surface area contributed by atoms with Gasteiger partial charge in [-0.3, -0.25) is 5.41 Å². The number of aryl methyl sites for hydroxylation is 1. The van der Waals surface area contributed by atoms with E-state index < -0.39 is 5.30 Å². The van der Waals surface area contributed by atoms with Gasteiger partial charge in [-0.2, -0.15) is 4.79 Å². The van der Waals surface area contributed by atoms with Crippen LogP contribution in [-0.4, -0.2) is 11.2 Å². The Hall–Kier alpha value is -1.29. The van der Waals surface area contributed by atoms with Gasteiger partial charge >= 0.3 is 5.30 Å². The molecule has 4 heteroatoms. The second-order valence-corrected chi connectivity index (χ2v) is 2.94. The maximum absolute atomic E-state index is 10.5. The third-order valence-corrected chi connectivity index (χ3v) is 1.69. The van der Waals surface area contributed by atoms with Crippen molar-refractivity contribution in [3.05, 3.63) is 35.4 Å². The van der Waals surface area contributed by atoms with Crippen LogP contribution in [0.2, 0.25) is 0 Å². The number of ether oxygens (including phenoxy) is 1. The molecule has 0 saturated heterocycles. The van der Waals surface area contributed by atoms with E-state index >= 15 is 0 Å². The predicted octanol–water partition coefficient (Wildman–Crippen LogP) is 1.47. The normalized spacial score (nSPS) is 9.38. The molecule has 0 aliphatic carbocycles. The molecule has 0 fully saturated rings. The molecule has 0 heterocycles. The van der Waals surface area contributed by atoms with E-state index in [0.29, 0.717) is 5.56 Å². The molecule has 0 unspecified atom stereocenters. The lowest BCUT2D eigenvalue weighted by Crippen LogP contribution is -2.09. The molecule has 1 rings (SSSR count). The molecule has 3 nitrogen and oxygen atoms in total. The van der Waals surface area contributed by atoms with E-state index in [-0.39, 0.29) is 5.90 Å². The zero-order valence-corrected chi connectivity index (χ0v) is 8.13. The van der Waals surface area contributed by atoms with E-state index in [1.54, 1.807) is 12.1 Å². The van der Waals surface area contributed by atoms with Crippen LogP contribution in [-0.2, 0) is 17.4 Å². The fourth-order valence-electron chi connectivity index (χ4n) is 0.975. The van der Waals surface area contributed by atoms with Crippen molar-refractivity contribution >= 4 is 23.8 Å². The highest BCUT2D eigenvalue weighted by atomic mass is 32.1. The standard InChI is InChI=1S/C9H9NO2S/c1-6-4-2-3-5-7(6)8(10)12-9(11)13/h2-5,10H,1H3,(H,11,13)/p+1. The number of rotatable bonds is 1. The van der Waals surface area contributed by atoms with Gasteiger partial charge in [0, 0.05) is 5.56 Å². The van der Waals surface area contributed by atoms with E-state index in [2.05, 4.69) is 17.4 Å². The van der Waals surface area contributed by atoms with Crippen LogP contribution in [0.5, 0.6) is 0 Å². The summed E-state index contributed by atoms with van der Waals surface area (Å²) in [7, 11) is 0. The average molecular weight is 196 g/mol. The molecular weight excluding hydrogens is 186 g/mol. The summed E-state index contributed by atoms with van der Waals surface area (Å²) in [5, 5.41) is 6.77. The van der Waals surface area contributed by atoms with Gasteiger partial charge in [0.25, 0.3) is 0 Å². The molecule has 68 valence electrons. The highest BCUT2D eigenvalue weighted by molar-refractivity contribution is 7.76. The average Bonchev–Trinajstić information content (AvgIpc) is 2.03. The minimum absolute atomic E-state index is 0.141. The van der Waals surface area contributed by atoms with E-state index in [4.69, 9.17) is 5.41 Å². The number of benzene rings is 1. The van der Waals surface area contributed by atoms with Gasteiger partial charge in [-0.1, -0.05) is 18.2 Å². The van der Waals surface area contributed by atoms with Crippen molar-refractivity contribution in [3.63, 3.8) is 0 Å². The third kappa shape index (κ3) is 2.59. The quantitative estimate of drug-likeness (QED) is 0.320. The van der Waals surface area contributed by atoms with E-state index in [0.717, 1.165) is 5.56 Å². The van der Waals surface area contributed by atoms with Crippen molar-refractivity contribution in [3.8, 4) is 0 Å². The Morgan fingerprint density at radius 1 is 1.46 bits per heavy atom. The van der Waals surface area contributed by atoms with E-state index in [1.165, 1.54) is 0 Å². The van der Waals surface area contributed by atoms with Crippen LogP contribution < -0.4 is 0 Å². The minimum Gasteiger partial charge on any atom is -0.367 e. The molecule has 1 aromatic rings. The zero-order chi connectivity index (χ0) is 9.84.